The summed E-state index contributed by atoms with van der Waals surface area (Å²) in [5.41, 5.74) is 9.26. The maximum Gasteiger partial charge on any atom is 0.211 e. The van der Waals surface area contributed by atoms with Crippen LogP contribution in [0.1, 0.15) is 0 Å². The van der Waals surface area contributed by atoms with E-state index in [1.165, 1.54) is 27.6 Å². The molecule has 1 aliphatic heterocycles. The number of para-hydroxylation sites is 1. The first-order valence-corrected chi connectivity index (χ1v) is 14.7. The van der Waals surface area contributed by atoms with Crippen molar-refractivity contribution in [1.29, 1.82) is 0 Å². The number of nitrogens with zero attached hydrogens (tertiary/aromatic N) is 2. The Balaban J connectivity index is 1.40. The second-order valence-corrected chi connectivity index (χ2v) is 12.2. The van der Waals surface area contributed by atoms with Crippen LogP contribution < -0.4 is 0 Å². The van der Waals surface area contributed by atoms with Crippen molar-refractivity contribution in [3.05, 3.63) is 121 Å². The third-order valence-electron chi connectivity index (χ3n) is 8.30. The summed E-state index contributed by atoms with van der Waals surface area (Å²) in [6.45, 7) is 0. The fraction of sp³-hybridized carbons (Fsp3) is 0. The van der Waals surface area contributed by atoms with Gasteiger partial charge in [0.05, 0.1) is 21.6 Å². The van der Waals surface area contributed by atoms with Gasteiger partial charge in [0, 0.05) is 11.1 Å². The van der Waals surface area contributed by atoms with E-state index in [0.29, 0.717) is 27.2 Å². The van der Waals surface area contributed by atoms with Crippen LogP contribution in [0, 0.1) is 0 Å². The monoisotopic (exact) mass is 532 g/mol. The van der Waals surface area contributed by atoms with Gasteiger partial charge in [0.1, 0.15) is 10.7 Å². The Hall–Kier alpha value is -5.00. The van der Waals surface area contributed by atoms with Crippen molar-refractivity contribution < 1.29 is 8.42 Å². The van der Waals surface area contributed by atoms with Gasteiger partial charge in [-0.05, 0) is 56.8 Å². The summed E-state index contributed by atoms with van der Waals surface area (Å²) in [7, 11) is -3.84. The smallest absolute Gasteiger partial charge is 0.211 e. The third kappa shape index (κ3) is 2.65. The van der Waals surface area contributed by atoms with Gasteiger partial charge in [0.25, 0.3) is 0 Å². The van der Waals surface area contributed by atoms with E-state index in [1.807, 2.05) is 59.2 Å². The van der Waals surface area contributed by atoms with E-state index in [9.17, 15) is 8.42 Å². The number of aromatic nitrogens is 2. The number of rotatable bonds is 2. The second kappa shape index (κ2) is 7.56. The quantitative estimate of drug-likeness (QED) is 0.225. The molecule has 0 bridgehead atoms. The van der Waals surface area contributed by atoms with E-state index >= 15 is 0 Å². The molecule has 0 saturated heterocycles. The van der Waals surface area contributed by atoms with Crippen molar-refractivity contribution in [3.8, 4) is 50.5 Å². The predicted octanol–water partition coefficient (Wildman–Crippen LogP) is 8.31. The molecule has 4 nitrogen and oxygen atoms in total. The van der Waals surface area contributed by atoms with Gasteiger partial charge in [-0.3, -0.25) is 4.57 Å². The first-order chi connectivity index (χ1) is 19.6. The van der Waals surface area contributed by atoms with Gasteiger partial charge < -0.3 is 0 Å². The highest BCUT2D eigenvalue weighted by Gasteiger charge is 2.36. The molecule has 0 amide bonds. The van der Waals surface area contributed by atoms with Crippen LogP contribution in [0.25, 0.3) is 72.3 Å². The van der Waals surface area contributed by atoms with Crippen LogP contribution in [0.3, 0.4) is 0 Å². The Morgan fingerprint density at radius 3 is 2.02 bits per heavy atom. The molecule has 188 valence electrons. The van der Waals surface area contributed by atoms with Gasteiger partial charge in [-0.15, -0.1) is 0 Å². The van der Waals surface area contributed by atoms with Gasteiger partial charge in [-0.1, -0.05) is 103 Å². The number of imidazole rings is 1. The standard InChI is InChI=1S/C35H20N2O2S/c38-40(39)31-18-8-16-29-33(31)37(35(36-29)21-9-2-1-3-10-21)30-17-7-15-28(34(30)40)24-19-20-27-23-12-5-4-11-22(23)25-13-6-14-26(24)32(25)27/h1-20H. The Kier molecular flexibility index (Phi) is 4.13. The number of hydrogen-bond acceptors (Lipinski definition) is 3. The summed E-state index contributed by atoms with van der Waals surface area (Å²) in [6, 6.07) is 40.1. The number of hydrogen-bond donors (Lipinski definition) is 0. The molecule has 5 heteroatoms. The minimum Gasteiger partial charge on any atom is -0.290 e. The lowest BCUT2D eigenvalue weighted by Gasteiger charge is -2.24. The zero-order valence-corrected chi connectivity index (χ0v) is 22.0. The van der Waals surface area contributed by atoms with E-state index in [0.717, 1.165) is 22.3 Å². The maximum absolute atomic E-state index is 14.4. The molecule has 1 aliphatic carbocycles. The van der Waals surface area contributed by atoms with Crippen LogP contribution in [-0.2, 0) is 9.84 Å². The SMILES string of the molecule is O=S1(=O)c2c(-c3ccc4c5c(cccc35)-c3ccccc3-4)cccc2-n2c(-c3ccccc3)nc3cccc1c32. The molecule has 0 saturated carbocycles. The van der Waals surface area contributed by atoms with Gasteiger partial charge >= 0.3 is 0 Å². The van der Waals surface area contributed by atoms with Crippen molar-refractivity contribution in [2.45, 2.75) is 9.79 Å². The Morgan fingerprint density at radius 2 is 1.20 bits per heavy atom. The van der Waals surface area contributed by atoms with Crippen molar-refractivity contribution >= 4 is 31.6 Å². The van der Waals surface area contributed by atoms with Crippen LogP contribution in [-0.4, -0.2) is 18.0 Å². The molecule has 0 radical (unpaired) electrons. The number of fused-ring (bicyclic) bond motifs is 5. The average molecular weight is 533 g/mol. The van der Waals surface area contributed by atoms with Crippen molar-refractivity contribution in [2.24, 2.45) is 0 Å². The Labute approximate surface area is 230 Å². The normalized spacial score (nSPS) is 13.9. The number of sulfone groups is 1. The molecular formula is C35H20N2O2S. The van der Waals surface area contributed by atoms with E-state index in [2.05, 4.69) is 54.6 Å². The average Bonchev–Trinajstić information content (AvgIpc) is 3.55. The summed E-state index contributed by atoms with van der Waals surface area (Å²) in [4.78, 5) is 5.53. The van der Waals surface area contributed by atoms with E-state index in [-0.39, 0.29) is 4.90 Å². The van der Waals surface area contributed by atoms with E-state index < -0.39 is 9.84 Å². The minimum atomic E-state index is -3.84. The molecule has 0 unspecified atom stereocenters. The van der Waals surface area contributed by atoms with E-state index in [1.54, 1.807) is 12.1 Å². The molecule has 0 N–H and O–H groups in total. The van der Waals surface area contributed by atoms with E-state index in [4.69, 9.17) is 4.98 Å². The molecule has 6 aromatic carbocycles. The molecule has 2 aliphatic rings. The lowest BCUT2D eigenvalue weighted by molar-refractivity contribution is 0.595. The molecule has 40 heavy (non-hydrogen) atoms. The largest absolute Gasteiger partial charge is 0.290 e. The van der Waals surface area contributed by atoms with Crippen LogP contribution in [0.2, 0.25) is 0 Å². The van der Waals surface area contributed by atoms with Gasteiger partial charge in [-0.2, -0.15) is 0 Å². The highest BCUT2D eigenvalue weighted by Crippen LogP contribution is 2.51. The zero-order chi connectivity index (χ0) is 26.6. The summed E-state index contributed by atoms with van der Waals surface area (Å²) in [5.74, 6) is 0.729. The van der Waals surface area contributed by atoms with Crippen molar-refractivity contribution in [3.63, 3.8) is 0 Å². The second-order valence-electron chi connectivity index (χ2n) is 10.4. The van der Waals surface area contributed by atoms with Gasteiger partial charge in [0.15, 0.2) is 0 Å². The highest BCUT2D eigenvalue weighted by atomic mass is 32.2. The van der Waals surface area contributed by atoms with Gasteiger partial charge in [0.2, 0.25) is 9.84 Å². The van der Waals surface area contributed by atoms with Crippen LogP contribution in [0.4, 0.5) is 0 Å². The first-order valence-electron chi connectivity index (χ1n) is 13.2. The van der Waals surface area contributed by atoms with Crippen LogP contribution in [0.15, 0.2) is 131 Å². The van der Waals surface area contributed by atoms with Crippen molar-refractivity contribution in [1.82, 2.24) is 9.55 Å². The summed E-state index contributed by atoms with van der Waals surface area (Å²) in [6.07, 6.45) is 0. The lowest BCUT2D eigenvalue weighted by Crippen LogP contribution is -2.16. The van der Waals surface area contributed by atoms with Crippen LogP contribution >= 0.6 is 0 Å². The summed E-state index contributed by atoms with van der Waals surface area (Å²) >= 11 is 0. The maximum atomic E-state index is 14.4. The van der Waals surface area contributed by atoms with Crippen LogP contribution in [0.5, 0.6) is 0 Å². The zero-order valence-electron chi connectivity index (χ0n) is 21.2. The number of benzene rings is 6. The summed E-state index contributed by atoms with van der Waals surface area (Å²) < 4.78 is 30.9. The fourth-order valence-corrected chi connectivity index (χ4v) is 8.51. The molecule has 1 aromatic heterocycles. The molecule has 7 aromatic rings. The molecule has 0 spiro atoms. The Bertz CT molecular complexity index is 2300. The minimum absolute atomic E-state index is 0.290. The lowest BCUT2D eigenvalue weighted by atomic mass is 9.94. The molecular weight excluding hydrogens is 512 g/mol. The molecule has 0 atom stereocenters. The fourth-order valence-electron chi connectivity index (χ4n) is 6.68. The topological polar surface area (TPSA) is 52.0 Å². The molecule has 9 rings (SSSR count). The first kappa shape index (κ1) is 21.9. The molecule has 2 heterocycles. The van der Waals surface area contributed by atoms with Crippen molar-refractivity contribution in [2.75, 3.05) is 0 Å². The third-order valence-corrected chi connectivity index (χ3v) is 10.2. The highest BCUT2D eigenvalue weighted by molar-refractivity contribution is 7.92. The Morgan fingerprint density at radius 1 is 0.550 bits per heavy atom. The molecule has 0 fully saturated rings. The summed E-state index contributed by atoms with van der Waals surface area (Å²) in [5, 5.41) is 2.22. The van der Waals surface area contributed by atoms with Gasteiger partial charge in [-0.25, -0.2) is 13.4 Å². The predicted molar refractivity (Wildman–Crippen MR) is 159 cm³/mol.